The first-order valence-electron chi connectivity index (χ1n) is 3.52. The third kappa shape index (κ3) is 2.17. The van der Waals surface area contributed by atoms with Crippen molar-refractivity contribution in [2.75, 3.05) is 0 Å². The van der Waals surface area contributed by atoms with Gasteiger partial charge in [-0.15, -0.1) is 0 Å². The number of hydrogen-bond donors (Lipinski definition) is 0. The van der Waals surface area contributed by atoms with Crippen LogP contribution in [0.2, 0.25) is 0 Å². The molecule has 0 fully saturated rings. The molecule has 0 N–H and O–H groups in total. The fourth-order valence-electron chi connectivity index (χ4n) is 0.989. The van der Waals surface area contributed by atoms with E-state index in [-0.39, 0.29) is 5.78 Å². The summed E-state index contributed by atoms with van der Waals surface area (Å²) in [5.74, 6) is -0.0903. The van der Waals surface area contributed by atoms with Gasteiger partial charge in [0, 0.05) is 19.2 Å². The Morgan fingerprint density at radius 1 is 1.54 bits per heavy atom. The van der Waals surface area contributed by atoms with Crippen LogP contribution in [0.4, 0.5) is 0 Å². The lowest BCUT2D eigenvalue weighted by Crippen LogP contribution is -2.01. The maximum atomic E-state index is 11.1. The van der Waals surface area contributed by atoms with E-state index >= 15 is 0 Å². The first-order chi connectivity index (χ1) is 6.07. The summed E-state index contributed by atoms with van der Waals surface area (Å²) in [5.41, 5.74) is 0.935. The van der Waals surface area contributed by atoms with Crippen LogP contribution in [0.25, 0.3) is 0 Å². The van der Waals surface area contributed by atoms with Gasteiger partial charge >= 0.3 is 0 Å². The minimum Gasteiger partial charge on any atom is -0.298 e. The van der Waals surface area contributed by atoms with Gasteiger partial charge in [-0.25, -0.2) is 0 Å². The third-order valence-corrected chi connectivity index (χ3v) is 4.19. The molecule has 68 valence electrons. The van der Waals surface area contributed by atoms with Gasteiger partial charge in [-0.1, -0.05) is 0 Å². The highest BCUT2D eigenvalue weighted by atomic mass is 127. The highest BCUT2D eigenvalue weighted by Gasteiger charge is 2.11. The van der Waals surface area contributed by atoms with Crippen molar-refractivity contribution in [3.05, 3.63) is 31.3 Å². The molecule has 0 heterocycles. The van der Waals surface area contributed by atoms with Crippen LogP contribution in [0.3, 0.4) is 0 Å². The molecule has 0 aliphatic carbocycles. The monoisotopic (exact) mass is 352 g/mol. The largest absolute Gasteiger partial charge is 0.298 e. The lowest BCUT2D eigenvalue weighted by atomic mass is 10.1. The summed E-state index contributed by atoms with van der Waals surface area (Å²) >= 11 is 5.33. The minimum absolute atomic E-state index is 0.0903. The topological polar surface area (TPSA) is 34.1 Å². The molecule has 1 rings (SSSR count). The van der Waals surface area contributed by atoms with Crippen molar-refractivity contribution in [1.82, 2.24) is 0 Å². The zero-order chi connectivity index (χ0) is 10.0. The first-order valence-corrected chi connectivity index (χ1v) is 5.39. The van der Waals surface area contributed by atoms with Crippen molar-refractivity contribution in [2.24, 2.45) is 0 Å². The summed E-state index contributed by atoms with van der Waals surface area (Å²) in [4.78, 5) is 21.8. The number of carbonyl (C=O) groups excluding carboxylic acids is 2. The van der Waals surface area contributed by atoms with Crippen LogP contribution >= 0.6 is 38.5 Å². The van der Waals surface area contributed by atoms with Crippen LogP contribution < -0.4 is 0 Å². The van der Waals surface area contributed by atoms with Crippen molar-refractivity contribution < 1.29 is 9.59 Å². The molecule has 0 aliphatic heterocycles. The highest BCUT2D eigenvalue weighted by Crippen LogP contribution is 2.24. The number of benzene rings is 1. The zero-order valence-corrected chi connectivity index (χ0v) is 10.5. The molecule has 0 aliphatic rings. The lowest BCUT2D eigenvalue weighted by molar-refractivity contribution is 0.100. The number of ketones is 1. The predicted octanol–water partition coefficient (Wildman–Crippen LogP) is 3.07. The number of halogens is 2. The van der Waals surface area contributed by atoms with Crippen LogP contribution in [-0.2, 0) is 0 Å². The van der Waals surface area contributed by atoms with Gasteiger partial charge in [0.05, 0.1) is 0 Å². The molecule has 2 nitrogen and oxygen atoms in total. The Labute approximate surface area is 98.0 Å². The fraction of sp³-hybridized carbons (Fsp3) is 0.111. The Morgan fingerprint density at radius 2 is 2.15 bits per heavy atom. The van der Waals surface area contributed by atoms with Crippen LogP contribution in [0, 0.1) is 3.57 Å². The van der Waals surface area contributed by atoms with Gasteiger partial charge in [0.1, 0.15) is 0 Å². The average Bonchev–Trinajstić information content (AvgIpc) is 2.09. The van der Waals surface area contributed by atoms with Crippen LogP contribution in [0.5, 0.6) is 0 Å². The van der Waals surface area contributed by atoms with Gasteiger partial charge in [0.2, 0.25) is 0 Å². The summed E-state index contributed by atoms with van der Waals surface area (Å²) < 4.78 is 1.61. The van der Waals surface area contributed by atoms with Crippen molar-refractivity contribution in [1.29, 1.82) is 0 Å². The second-order valence-electron chi connectivity index (χ2n) is 2.50. The molecule has 13 heavy (non-hydrogen) atoms. The number of carbonyl (C=O) groups is 2. The van der Waals surface area contributed by atoms with E-state index in [9.17, 15) is 9.59 Å². The van der Waals surface area contributed by atoms with Crippen LogP contribution in [-0.4, -0.2) is 12.1 Å². The summed E-state index contributed by atoms with van der Waals surface area (Å²) in [7, 11) is 0. The number of aldehydes is 1. The molecular weight excluding hydrogens is 347 g/mol. The fourth-order valence-corrected chi connectivity index (χ4v) is 1.93. The zero-order valence-electron chi connectivity index (χ0n) is 6.80. The van der Waals surface area contributed by atoms with E-state index in [1.165, 1.54) is 6.92 Å². The third-order valence-electron chi connectivity index (χ3n) is 1.63. The van der Waals surface area contributed by atoms with Gasteiger partial charge in [-0.3, -0.25) is 9.59 Å². The predicted molar refractivity (Wildman–Crippen MR) is 62.3 cm³/mol. The molecule has 0 saturated heterocycles. The summed E-state index contributed by atoms with van der Waals surface area (Å²) in [5, 5.41) is 0. The van der Waals surface area contributed by atoms with E-state index in [0.717, 1.165) is 8.04 Å². The van der Waals surface area contributed by atoms with Crippen molar-refractivity contribution in [2.45, 2.75) is 6.92 Å². The number of Topliss-reactive ketones (excluding diaryl/α,β-unsaturated/α-hetero) is 1. The van der Waals surface area contributed by atoms with E-state index in [1.54, 1.807) is 12.1 Å². The van der Waals surface area contributed by atoms with Gasteiger partial charge in [0.25, 0.3) is 0 Å². The lowest BCUT2D eigenvalue weighted by Gasteiger charge is -2.04. The molecule has 0 spiro atoms. The highest BCUT2D eigenvalue weighted by molar-refractivity contribution is 14.1. The second kappa shape index (κ2) is 4.32. The minimum atomic E-state index is -0.0903. The Hall–Kier alpha value is -0.230. The molecule has 1 aromatic carbocycles. The Bertz CT molecular complexity index is 374. The SMILES string of the molecule is CC(=O)c1ccc(Br)c(I)c1C=O. The van der Waals surface area contributed by atoms with Crippen molar-refractivity contribution in [3.8, 4) is 0 Å². The molecule has 0 radical (unpaired) electrons. The van der Waals surface area contributed by atoms with E-state index in [0.29, 0.717) is 17.4 Å². The van der Waals surface area contributed by atoms with Gasteiger partial charge in [-0.05, 0) is 57.6 Å². The number of hydrogen-bond acceptors (Lipinski definition) is 2. The smallest absolute Gasteiger partial charge is 0.160 e. The van der Waals surface area contributed by atoms with Crippen molar-refractivity contribution in [3.63, 3.8) is 0 Å². The van der Waals surface area contributed by atoms with Crippen LogP contribution in [0.15, 0.2) is 16.6 Å². The van der Waals surface area contributed by atoms with Gasteiger partial charge in [-0.2, -0.15) is 0 Å². The average molecular weight is 353 g/mol. The molecular formula is C9H6BrIO2. The molecule has 0 amide bonds. The molecule has 1 aromatic rings. The first kappa shape index (κ1) is 10.8. The van der Waals surface area contributed by atoms with E-state index < -0.39 is 0 Å². The maximum absolute atomic E-state index is 11.1. The Kier molecular flexibility index (Phi) is 3.61. The summed E-state index contributed by atoms with van der Waals surface area (Å²) in [6.07, 6.45) is 0.712. The van der Waals surface area contributed by atoms with E-state index in [1.807, 2.05) is 22.6 Å². The molecule has 0 atom stereocenters. The van der Waals surface area contributed by atoms with E-state index in [2.05, 4.69) is 15.9 Å². The Balaban J connectivity index is 3.47. The standard InChI is InChI=1S/C9H6BrIO2/c1-5(13)6-2-3-8(10)9(11)7(6)4-12/h2-4H,1H3. The molecule has 4 heteroatoms. The molecule has 0 saturated carbocycles. The van der Waals surface area contributed by atoms with Gasteiger partial charge < -0.3 is 0 Å². The Morgan fingerprint density at radius 3 is 2.62 bits per heavy atom. The second-order valence-corrected chi connectivity index (χ2v) is 4.43. The molecule has 0 unspecified atom stereocenters. The van der Waals surface area contributed by atoms with E-state index in [4.69, 9.17) is 0 Å². The summed E-state index contributed by atoms with van der Waals surface area (Å²) in [6.45, 7) is 1.45. The van der Waals surface area contributed by atoms with Gasteiger partial charge in [0.15, 0.2) is 12.1 Å². The quantitative estimate of drug-likeness (QED) is 0.465. The summed E-state index contributed by atoms with van der Waals surface area (Å²) in [6, 6.07) is 3.42. The number of rotatable bonds is 2. The maximum Gasteiger partial charge on any atom is 0.160 e. The normalized spacial score (nSPS) is 9.77. The molecule has 0 bridgehead atoms. The van der Waals surface area contributed by atoms with Crippen molar-refractivity contribution >= 4 is 50.6 Å². The van der Waals surface area contributed by atoms with Crippen LogP contribution in [0.1, 0.15) is 27.6 Å². The molecule has 0 aromatic heterocycles.